The van der Waals surface area contributed by atoms with Gasteiger partial charge in [-0.15, -0.1) is 0 Å². The molecule has 0 unspecified atom stereocenters. The third-order valence-electron chi connectivity index (χ3n) is 5.14. The largest absolute Gasteiger partial charge is 0.354 e. The smallest absolute Gasteiger partial charge is 0.220 e. The van der Waals surface area contributed by atoms with Crippen molar-refractivity contribution in [3.63, 3.8) is 0 Å². The second kappa shape index (κ2) is 9.24. The number of carbonyl (C=O) groups excluding carboxylic acids is 2. The minimum Gasteiger partial charge on any atom is -0.354 e. The molecule has 6 heteroatoms. The number of piperazine rings is 1. The second-order valence-electron chi connectivity index (χ2n) is 7.44. The van der Waals surface area contributed by atoms with Gasteiger partial charge in [0.15, 0.2) is 5.78 Å². The van der Waals surface area contributed by atoms with Crippen LogP contribution in [0, 0.1) is 5.82 Å². The number of likely N-dealkylation sites (N-methyl/N-ethyl adjacent to an activating group) is 1. The lowest BCUT2D eigenvalue weighted by molar-refractivity contribution is -0.121. The average Bonchev–Trinajstić information content (AvgIpc) is 2.65. The van der Waals surface area contributed by atoms with E-state index in [0.717, 1.165) is 32.7 Å². The van der Waals surface area contributed by atoms with E-state index in [4.69, 9.17) is 0 Å². The van der Waals surface area contributed by atoms with Crippen LogP contribution in [0.4, 0.5) is 4.39 Å². The lowest BCUT2D eigenvalue weighted by Gasteiger charge is -2.44. The summed E-state index contributed by atoms with van der Waals surface area (Å²) in [6.07, 6.45) is 0.281. The number of hydrogen-bond acceptors (Lipinski definition) is 4. The van der Waals surface area contributed by atoms with Gasteiger partial charge in [-0.25, -0.2) is 4.39 Å². The van der Waals surface area contributed by atoms with Crippen molar-refractivity contribution in [2.75, 3.05) is 39.3 Å². The Balaban J connectivity index is 1.73. The zero-order valence-electron chi connectivity index (χ0n) is 16.1. The third kappa shape index (κ3) is 5.88. The number of rotatable bonds is 8. The van der Waals surface area contributed by atoms with Gasteiger partial charge >= 0.3 is 0 Å². The fraction of sp³-hybridized carbons (Fsp3) is 0.600. The van der Waals surface area contributed by atoms with Crippen LogP contribution >= 0.6 is 0 Å². The van der Waals surface area contributed by atoms with Gasteiger partial charge in [-0.1, -0.05) is 6.92 Å². The van der Waals surface area contributed by atoms with Crippen LogP contribution in [-0.2, 0) is 4.79 Å². The lowest BCUT2D eigenvalue weighted by atomic mass is 10.0. The molecule has 1 aromatic rings. The number of Topliss-reactive ketones (excluding diaryl/α,β-unsaturated/α-hetero) is 1. The number of nitrogens with one attached hydrogen (secondary N) is 1. The average molecular weight is 363 g/mol. The molecule has 0 saturated carbocycles. The summed E-state index contributed by atoms with van der Waals surface area (Å²) in [5.41, 5.74) is 0.324. The molecule has 0 atom stereocenters. The Morgan fingerprint density at radius 2 is 1.69 bits per heavy atom. The van der Waals surface area contributed by atoms with E-state index in [1.807, 2.05) is 0 Å². The van der Waals surface area contributed by atoms with Crippen molar-refractivity contribution in [2.24, 2.45) is 0 Å². The highest BCUT2D eigenvalue weighted by Crippen LogP contribution is 2.16. The van der Waals surface area contributed by atoms with E-state index in [1.54, 1.807) is 0 Å². The minimum absolute atomic E-state index is 0.115. The molecule has 1 amide bonds. The molecule has 0 spiro atoms. The molecule has 1 aliphatic heterocycles. The van der Waals surface area contributed by atoms with Crippen LogP contribution in [0.1, 0.15) is 44.0 Å². The van der Waals surface area contributed by atoms with Crippen LogP contribution in [0.15, 0.2) is 24.3 Å². The molecule has 1 saturated heterocycles. The highest BCUT2D eigenvalue weighted by atomic mass is 19.1. The Labute approximate surface area is 155 Å². The van der Waals surface area contributed by atoms with Crippen LogP contribution in [0.2, 0.25) is 0 Å². The molecule has 1 aromatic carbocycles. The number of amides is 1. The quantitative estimate of drug-likeness (QED) is 0.720. The van der Waals surface area contributed by atoms with Crippen LogP contribution in [0.25, 0.3) is 0 Å². The first-order chi connectivity index (χ1) is 12.3. The Morgan fingerprint density at radius 1 is 1.08 bits per heavy atom. The first kappa shape index (κ1) is 20.5. The third-order valence-corrected chi connectivity index (χ3v) is 5.14. The number of carbonyl (C=O) groups is 2. The first-order valence-corrected chi connectivity index (χ1v) is 9.34. The van der Waals surface area contributed by atoms with E-state index < -0.39 is 0 Å². The molecule has 0 radical (unpaired) electrons. The lowest BCUT2D eigenvalue weighted by Crippen LogP contribution is -2.58. The number of benzene rings is 1. The fourth-order valence-corrected chi connectivity index (χ4v) is 3.19. The fourth-order valence-electron chi connectivity index (χ4n) is 3.19. The summed E-state index contributed by atoms with van der Waals surface area (Å²) in [4.78, 5) is 29.0. The van der Waals surface area contributed by atoms with E-state index in [1.165, 1.54) is 24.3 Å². The zero-order chi connectivity index (χ0) is 19.2. The number of ketones is 1. The van der Waals surface area contributed by atoms with Crippen molar-refractivity contribution in [1.29, 1.82) is 0 Å². The van der Waals surface area contributed by atoms with E-state index in [-0.39, 0.29) is 35.9 Å². The molecule has 1 N–H and O–H groups in total. The molecule has 2 rings (SSSR count). The first-order valence-electron chi connectivity index (χ1n) is 9.34. The van der Waals surface area contributed by atoms with Gasteiger partial charge in [-0.05, 0) is 44.7 Å². The summed E-state index contributed by atoms with van der Waals surface area (Å²) in [5.74, 6) is -0.642. The van der Waals surface area contributed by atoms with Crippen molar-refractivity contribution in [1.82, 2.24) is 15.1 Å². The normalized spacial score (nSPS) is 16.5. The van der Waals surface area contributed by atoms with Gasteiger partial charge in [-0.3, -0.25) is 14.5 Å². The number of halogens is 1. The van der Waals surface area contributed by atoms with Gasteiger partial charge in [-0.2, -0.15) is 0 Å². The van der Waals surface area contributed by atoms with Crippen molar-refractivity contribution in [3.8, 4) is 0 Å². The maximum atomic E-state index is 12.9. The van der Waals surface area contributed by atoms with Gasteiger partial charge < -0.3 is 10.2 Å². The predicted octanol–water partition coefficient (Wildman–Crippen LogP) is 2.32. The van der Waals surface area contributed by atoms with Crippen LogP contribution in [0.5, 0.6) is 0 Å². The monoisotopic (exact) mass is 363 g/mol. The van der Waals surface area contributed by atoms with Gasteiger partial charge in [0, 0.05) is 56.7 Å². The summed E-state index contributed by atoms with van der Waals surface area (Å²) in [6.45, 7) is 12.2. The molecule has 144 valence electrons. The molecule has 5 nitrogen and oxygen atoms in total. The number of hydrogen-bond donors (Lipinski definition) is 1. The molecule has 1 aliphatic rings. The summed E-state index contributed by atoms with van der Waals surface area (Å²) in [6, 6.07) is 5.42. The predicted molar refractivity (Wildman–Crippen MR) is 101 cm³/mol. The van der Waals surface area contributed by atoms with Crippen molar-refractivity contribution in [2.45, 2.75) is 39.2 Å². The van der Waals surface area contributed by atoms with E-state index in [9.17, 15) is 14.0 Å². The standard InChI is InChI=1S/C20H30FN3O2/c1-4-23-11-13-24(14-12-23)20(2,3)15-22-19(26)10-9-18(25)16-5-7-17(21)8-6-16/h5-8H,4,9-15H2,1-3H3,(H,22,26). The van der Waals surface area contributed by atoms with Crippen molar-refractivity contribution < 1.29 is 14.0 Å². The highest BCUT2D eigenvalue weighted by molar-refractivity contribution is 5.97. The Kier molecular flexibility index (Phi) is 7.29. The van der Waals surface area contributed by atoms with Crippen LogP contribution in [-0.4, -0.2) is 66.3 Å². The Hall–Kier alpha value is -1.79. The molecule has 0 bridgehead atoms. The second-order valence-corrected chi connectivity index (χ2v) is 7.44. The summed E-state index contributed by atoms with van der Waals surface area (Å²) >= 11 is 0. The van der Waals surface area contributed by atoms with Crippen molar-refractivity contribution in [3.05, 3.63) is 35.6 Å². The SMILES string of the molecule is CCN1CCN(C(C)(C)CNC(=O)CCC(=O)c2ccc(F)cc2)CC1. The summed E-state index contributed by atoms with van der Waals surface area (Å²) in [5, 5.41) is 2.95. The molecular weight excluding hydrogens is 333 g/mol. The van der Waals surface area contributed by atoms with Crippen LogP contribution in [0.3, 0.4) is 0 Å². The Morgan fingerprint density at radius 3 is 2.27 bits per heavy atom. The van der Waals surface area contributed by atoms with Gasteiger partial charge in [0.05, 0.1) is 0 Å². The van der Waals surface area contributed by atoms with Crippen molar-refractivity contribution >= 4 is 11.7 Å². The molecule has 1 fully saturated rings. The topological polar surface area (TPSA) is 52.6 Å². The van der Waals surface area contributed by atoms with E-state index in [2.05, 4.69) is 35.9 Å². The minimum atomic E-state index is -0.374. The Bertz CT molecular complexity index is 608. The van der Waals surface area contributed by atoms with Gasteiger partial charge in [0.25, 0.3) is 0 Å². The maximum Gasteiger partial charge on any atom is 0.220 e. The molecule has 0 aromatic heterocycles. The summed E-state index contributed by atoms with van der Waals surface area (Å²) in [7, 11) is 0. The zero-order valence-corrected chi connectivity index (χ0v) is 16.1. The van der Waals surface area contributed by atoms with Crippen LogP contribution < -0.4 is 5.32 Å². The van der Waals surface area contributed by atoms with Gasteiger partial charge in [0.1, 0.15) is 5.82 Å². The maximum absolute atomic E-state index is 12.9. The number of nitrogens with zero attached hydrogens (tertiary/aromatic N) is 2. The molecule has 0 aliphatic carbocycles. The molecule has 26 heavy (non-hydrogen) atoms. The highest BCUT2D eigenvalue weighted by Gasteiger charge is 2.29. The van der Waals surface area contributed by atoms with E-state index >= 15 is 0 Å². The molecular formula is C20H30FN3O2. The molecule has 1 heterocycles. The summed E-state index contributed by atoms with van der Waals surface area (Å²) < 4.78 is 12.9. The van der Waals surface area contributed by atoms with E-state index in [0.29, 0.717) is 12.1 Å². The van der Waals surface area contributed by atoms with Gasteiger partial charge in [0.2, 0.25) is 5.91 Å².